The number of rotatable bonds is 15. The molecule has 0 spiro atoms. The SMILES string of the molecule is CC.CCOCCn1c(=O)c(C=O)cc2ccc(-c3cccnc3)cc21.CCOCCn1c(=O)c(CNC(C)C(N)=O)cc2ccc(-c3cccnc3)cc21. The van der Waals surface area contributed by atoms with Gasteiger partial charge in [0.05, 0.1) is 35.9 Å². The first-order chi connectivity index (χ1) is 26.7. The lowest BCUT2D eigenvalue weighted by atomic mass is 10.0. The van der Waals surface area contributed by atoms with Crippen molar-refractivity contribution in [2.45, 2.75) is 60.3 Å². The molecule has 6 rings (SSSR count). The number of nitrogens with one attached hydrogen (secondary N) is 1. The van der Waals surface area contributed by atoms with E-state index in [1.165, 1.54) is 0 Å². The quantitative estimate of drug-likeness (QED) is 0.0949. The van der Waals surface area contributed by atoms with Crippen LogP contribution in [0.4, 0.5) is 0 Å². The van der Waals surface area contributed by atoms with Crippen molar-refractivity contribution >= 4 is 34.0 Å². The molecular formula is C43H50N6O6. The molecule has 6 aromatic rings. The van der Waals surface area contributed by atoms with Crippen molar-refractivity contribution in [3.05, 3.63) is 129 Å². The van der Waals surface area contributed by atoms with Crippen LogP contribution in [0.3, 0.4) is 0 Å². The summed E-state index contributed by atoms with van der Waals surface area (Å²) in [6, 6.07) is 22.5. The molecule has 55 heavy (non-hydrogen) atoms. The van der Waals surface area contributed by atoms with Gasteiger partial charge in [0.1, 0.15) is 0 Å². The average Bonchev–Trinajstić information content (AvgIpc) is 3.22. The number of amides is 1. The molecule has 1 amide bonds. The third-order valence-electron chi connectivity index (χ3n) is 8.76. The van der Waals surface area contributed by atoms with E-state index in [0.717, 1.165) is 44.1 Å². The highest BCUT2D eigenvalue weighted by atomic mass is 16.5. The van der Waals surface area contributed by atoms with Gasteiger partial charge < -0.3 is 29.7 Å². The third-order valence-corrected chi connectivity index (χ3v) is 8.76. The first-order valence-corrected chi connectivity index (χ1v) is 18.5. The summed E-state index contributed by atoms with van der Waals surface area (Å²) in [4.78, 5) is 56.5. The fourth-order valence-electron chi connectivity index (χ4n) is 5.87. The van der Waals surface area contributed by atoms with Gasteiger partial charge in [-0.05, 0) is 79.1 Å². The highest BCUT2D eigenvalue weighted by molar-refractivity contribution is 5.89. The molecule has 0 saturated carbocycles. The van der Waals surface area contributed by atoms with Gasteiger partial charge in [0, 0.05) is 74.3 Å². The molecular weight excluding hydrogens is 697 g/mol. The van der Waals surface area contributed by atoms with Gasteiger partial charge in [-0.15, -0.1) is 0 Å². The number of carbonyl (C=O) groups is 2. The average molecular weight is 747 g/mol. The highest BCUT2D eigenvalue weighted by Crippen LogP contribution is 2.25. The van der Waals surface area contributed by atoms with E-state index in [4.69, 9.17) is 15.2 Å². The minimum Gasteiger partial charge on any atom is -0.380 e. The first kappa shape index (κ1) is 41.9. The number of aromatic nitrogens is 4. The molecule has 0 bridgehead atoms. The molecule has 0 aliphatic carbocycles. The number of pyridine rings is 4. The Bertz CT molecular complexity index is 2290. The van der Waals surface area contributed by atoms with Gasteiger partial charge >= 0.3 is 0 Å². The van der Waals surface area contributed by atoms with E-state index in [1.54, 1.807) is 46.9 Å². The van der Waals surface area contributed by atoms with E-state index in [2.05, 4.69) is 15.3 Å². The summed E-state index contributed by atoms with van der Waals surface area (Å²) in [6.45, 7) is 12.7. The number of carbonyl (C=O) groups excluding carboxylic acids is 2. The summed E-state index contributed by atoms with van der Waals surface area (Å²) in [5.41, 5.74) is 11.2. The van der Waals surface area contributed by atoms with E-state index >= 15 is 0 Å². The second kappa shape index (κ2) is 21.2. The Hall–Kier alpha value is -5.82. The molecule has 0 saturated heterocycles. The van der Waals surface area contributed by atoms with Crippen molar-refractivity contribution in [3.63, 3.8) is 0 Å². The number of hydrogen-bond acceptors (Lipinski definition) is 9. The van der Waals surface area contributed by atoms with Crippen LogP contribution in [0.15, 0.2) is 107 Å². The second-order valence-electron chi connectivity index (χ2n) is 12.2. The lowest BCUT2D eigenvalue weighted by Crippen LogP contribution is -2.39. The maximum atomic E-state index is 13.1. The maximum absolute atomic E-state index is 13.1. The summed E-state index contributed by atoms with van der Waals surface area (Å²) in [5.74, 6) is -0.455. The molecule has 0 radical (unpaired) electrons. The lowest BCUT2D eigenvalue weighted by molar-refractivity contribution is -0.119. The van der Waals surface area contributed by atoms with Crippen molar-refractivity contribution in [2.24, 2.45) is 5.73 Å². The third kappa shape index (κ3) is 10.9. The molecule has 0 aliphatic heterocycles. The number of ether oxygens (including phenoxy) is 2. The van der Waals surface area contributed by atoms with Gasteiger partial charge in [-0.1, -0.05) is 50.2 Å². The maximum Gasteiger partial charge on any atom is 0.261 e. The van der Waals surface area contributed by atoms with Crippen molar-refractivity contribution in [2.75, 3.05) is 26.4 Å². The molecule has 3 N–H and O–H groups in total. The summed E-state index contributed by atoms with van der Waals surface area (Å²) in [7, 11) is 0. The largest absolute Gasteiger partial charge is 0.380 e. The van der Waals surface area contributed by atoms with Crippen molar-refractivity contribution < 1.29 is 19.1 Å². The number of fused-ring (bicyclic) bond motifs is 2. The minimum absolute atomic E-state index is 0.107. The molecule has 12 heteroatoms. The number of aldehydes is 1. The molecule has 4 heterocycles. The molecule has 0 aliphatic rings. The molecule has 0 fully saturated rings. The van der Waals surface area contributed by atoms with Gasteiger partial charge in [0.15, 0.2) is 6.29 Å². The molecule has 288 valence electrons. The fraction of sp³-hybridized carbons (Fsp3) is 0.302. The summed E-state index contributed by atoms with van der Waals surface area (Å²) in [5, 5.41) is 4.80. The van der Waals surface area contributed by atoms with Gasteiger partial charge in [0.25, 0.3) is 11.1 Å². The standard InChI is InChI=1S/C22H26N4O3.C19H18N2O3.C2H6/c1-3-29-10-9-26-20-12-16(18-5-4-8-24-13-18)6-7-17(20)11-19(22(26)28)14-25-15(2)21(23)27;1-2-24-9-8-21-18-11-14(16-4-3-7-20-12-16)5-6-15(18)10-17(13-22)19(21)23;1-2/h4-8,11-13,15,25H,3,9-10,14H2,1-2H3,(H2,23,27);3-7,10-13H,2,8-9H2,1H3;1-2H3. The molecule has 12 nitrogen and oxygen atoms in total. The first-order valence-electron chi connectivity index (χ1n) is 18.5. The van der Waals surface area contributed by atoms with Crippen LogP contribution >= 0.6 is 0 Å². The lowest BCUT2D eigenvalue weighted by Gasteiger charge is -2.16. The Morgan fingerprint density at radius 3 is 1.73 bits per heavy atom. The fourth-order valence-corrected chi connectivity index (χ4v) is 5.87. The second-order valence-corrected chi connectivity index (χ2v) is 12.2. The van der Waals surface area contributed by atoms with E-state index in [-0.39, 0.29) is 23.2 Å². The Balaban J connectivity index is 0.000000238. The van der Waals surface area contributed by atoms with Gasteiger partial charge in [-0.2, -0.15) is 0 Å². The summed E-state index contributed by atoms with van der Waals surface area (Å²) >= 11 is 0. The van der Waals surface area contributed by atoms with E-state index < -0.39 is 11.9 Å². The van der Waals surface area contributed by atoms with Crippen LogP contribution in [-0.4, -0.2) is 63.8 Å². The summed E-state index contributed by atoms with van der Waals surface area (Å²) in [6.07, 6.45) is 7.64. The predicted molar refractivity (Wildman–Crippen MR) is 218 cm³/mol. The van der Waals surface area contributed by atoms with Crippen LogP contribution in [-0.2, 0) is 33.9 Å². The Morgan fingerprint density at radius 2 is 1.27 bits per heavy atom. The smallest absolute Gasteiger partial charge is 0.261 e. The molecule has 1 unspecified atom stereocenters. The monoisotopic (exact) mass is 746 g/mol. The zero-order valence-electron chi connectivity index (χ0n) is 32.2. The van der Waals surface area contributed by atoms with Crippen molar-refractivity contribution in [3.8, 4) is 22.3 Å². The number of nitrogens with two attached hydrogens (primary N) is 1. The number of hydrogen-bond donors (Lipinski definition) is 2. The number of nitrogens with zero attached hydrogens (tertiary/aromatic N) is 4. The van der Waals surface area contributed by atoms with E-state index in [1.807, 2.05) is 94.4 Å². The van der Waals surface area contributed by atoms with Crippen LogP contribution in [0.1, 0.15) is 50.5 Å². The predicted octanol–water partition coefficient (Wildman–Crippen LogP) is 6.00. The molecule has 1 atom stereocenters. The number of primary amides is 1. The Kier molecular flexibility index (Phi) is 16.1. The zero-order valence-corrected chi connectivity index (χ0v) is 32.2. The van der Waals surface area contributed by atoms with Crippen molar-refractivity contribution in [1.29, 1.82) is 0 Å². The zero-order chi connectivity index (χ0) is 39.7. The van der Waals surface area contributed by atoms with Crippen LogP contribution in [0, 0.1) is 0 Å². The highest BCUT2D eigenvalue weighted by Gasteiger charge is 2.14. The van der Waals surface area contributed by atoms with Gasteiger partial charge in [-0.3, -0.25) is 29.1 Å². The number of benzene rings is 2. The minimum atomic E-state index is -0.519. The van der Waals surface area contributed by atoms with Gasteiger partial charge in [0.2, 0.25) is 5.91 Å². The van der Waals surface area contributed by atoms with Crippen LogP contribution < -0.4 is 22.2 Å². The molecule has 2 aromatic carbocycles. The normalized spacial score (nSPS) is 11.3. The Morgan fingerprint density at radius 1 is 0.764 bits per heavy atom. The van der Waals surface area contributed by atoms with Crippen LogP contribution in [0.2, 0.25) is 0 Å². The van der Waals surface area contributed by atoms with Crippen molar-refractivity contribution in [1.82, 2.24) is 24.4 Å². The van der Waals surface area contributed by atoms with E-state index in [0.29, 0.717) is 51.4 Å². The van der Waals surface area contributed by atoms with Gasteiger partial charge in [-0.25, -0.2) is 0 Å². The van der Waals surface area contributed by atoms with Crippen LogP contribution in [0.25, 0.3) is 44.1 Å². The Labute approximate surface area is 321 Å². The van der Waals surface area contributed by atoms with Crippen LogP contribution in [0.5, 0.6) is 0 Å². The topological polar surface area (TPSA) is 160 Å². The van der Waals surface area contributed by atoms with E-state index in [9.17, 15) is 19.2 Å². The molecule has 4 aromatic heterocycles. The summed E-state index contributed by atoms with van der Waals surface area (Å²) < 4.78 is 14.2.